The highest BCUT2D eigenvalue weighted by Gasteiger charge is 2.44. The van der Waals surface area contributed by atoms with E-state index >= 15 is 0 Å². The molecule has 4 rings (SSSR count). The first-order chi connectivity index (χ1) is 15.0. The summed E-state index contributed by atoms with van der Waals surface area (Å²) in [5.74, 6) is -0.592. The number of nitrogens with zero attached hydrogens (tertiary/aromatic N) is 6. The number of pyridine rings is 1. The van der Waals surface area contributed by atoms with Crippen molar-refractivity contribution < 1.29 is 14.4 Å². The predicted octanol–water partition coefficient (Wildman–Crippen LogP) is -0.795. The number of nitrogens with one attached hydrogen (secondary N) is 5. The van der Waals surface area contributed by atoms with Crippen LogP contribution in [0.2, 0.25) is 0 Å². The van der Waals surface area contributed by atoms with Crippen LogP contribution in [0.5, 0.6) is 0 Å². The SMILES string of the molecule is CCn1ncc2c(Nc3nn[nH]n3)c(C3=CC(CC(=O)NC)(C(=O)NC)ON3)cnc21. The molecule has 0 spiro atoms. The molecule has 2 amide bonds. The van der Waals surface area contributed by atoms with Crippen molar-refractivity contribution in [2.45, 2.75) is 25.5 Å². The number of amides is 2. The molecule has 0 bridgehead atoms. The Morgan fingerprint density at radius 3 is 2.77 bits per heavy atom. The molecular formula is C17H21N11O3. The van der Waals surface area contributed by atoms with Crippen LogP contribution in [0, 0.1) is 0 Å². The van der Waals surface area contributed by atoms with Gasteiger partial charge in [0, 0.05) is 32.4 Å². The maximum absolute atomic E-state index is 12.6. The fourth-order valence-corrected chi connectivity index (χ4v) is 3.31. The molecule has 0 saturated heterocycles. The van der Waals surface area contributed by atoms with E-state index in [0.717, 1.165) is 0 Å². The first kappa shape index (κ1) is 20.2. The Morgan fingerprint density at radius 2 is 2.10 bits per heavy atom. The van der Waals surface area contributed by atoms with E-state index in [4.69, 9.17) is 4.84 Å². The smallest absolute Gasteiger partial charge is 0.267 e. The Hall–Kier alpha value is -4.07. The first-order valence-corrected chi connectivity index (χ1v) is 9.46. The highest BCUT2D eigenvalue weighted by Crippen LogP contribution is 2.36. The largest absolute Gasteiger partial charge is 0.359 e. The van der Waals surface area contributed by atoms with Crippen LogP contribution in [0.4, 0.5) is 11.6 Å². The van der Waals surface area contributed by atoms with Crippen LogP contribution >= 0.6 is 0 Å². The van der Waals surface area contributed by atoms with E-state index in [1.54, 1.807) is 23.2 Å². The lowest BCUT2D eigenvalue weighted by atomic mass is 9.95. The Kier molecular flexibility index (Phi) is 5.21. The van der Waals surface area contributed by atoms with Crippen molar-refractivity contribution in [3.05, 3.63) is 24.0 Å². The summed E-state index contributed by atoms with van der Waals surface area (Å²) in [6.45, 7) is 2.59. The van der Waals surface area contributed by atoms with Crippen molar-refractivity contribution in [1.29, 1.82) is 0 Å². The number of aromatic nitrogens is 7. The maximum atomic E-state index is 12.6. The molecule has 0 radical (unpaired) electrons. The zero-order chi connectivity index (χ0) is 22.0. The summed E-state index contributed by atoms with van der Waals surface area (Å²) in [6, 6.07) is 0. The van der Waals surface area contributed by atoms with Gasteiger partial charge in [0.1, 0.15) is 0 Å². The molecular weight excluding hydrogens is 406 g/mol. The van der Waals surface area contributed by atoms with Gasteiger partial charge in [-0.2, -0.15) is 10.3 Å². The Bertz CT molecular complexity index is 1150. The number of H-pyrrole nitrogens is 1. The summed E-state index contributed by atoms with van der Waals surface area (Å²) >= 11 is 0. The van der Waals surface area contributed by atoms with Gasteiger partial charge in [0.25, 0.3) is 11.9 Å². The van der Waals surface area contributed by atoms with Gasteiger partial charge in [0.15, 0.2) is 5.65 Å². The molecule has 0 aromatic carbocycles. The number of carbonyl (C=O) groups is 2. The van der Waals surface area contributed by atoms with E-state index in [2.05, 4.69) is 52.1 Å². The number of likely N-dealkylation sites (N-methyl/N-ethyl adjacent to an activating group) is 1. The highest BCUT2D eigenvalue weighted by molar-refractivity contribution is 6.00. The molecule has 3 aromatic rings. The van der Waals surface area contributed by atoms with Gasteiger partial charge in [-0.3, -0.25) is 19.9 Å². The van der Waals surface area contributed by atoms with Gasteiger partial charge in [-0.05, 0) is 18.2 Å². The summed E-state index contributed by atoms with van der Waals surface area (Å²) < 4.78 is 1.74. The average Bonchev–Trinajstić information content (AvgIpc) is 3.53. The van der Waals surface area contributed by atoms with E-state index in [1.807, 2.05) is 6.92 Å². The molecule has 0 saturated carbocycles. The molecule has 1 atom stereocenters. The van der Waals surface area contributed by atoms with E-state index in [-0.39, 0.29) is 18.3 Å². The Labute approximate surface area is 175 Å². The van der Waals surface area contributed by atoms with E-state index in [1.165, 1.54) is 14.1 Å². The minimum atomic E-state index is -1.53. The molecule has 14 heteroatoms. The summed E-state index contributed by atoms with van der Waals surface area (Å²) in [5.41, 5.74) is 3.48. The van der Waals surface area contributed by atoms with Crippen molar-refractivity contribution in [2.75, 3.05) is 19.4 Å². The second-order valence-electron chi connectivity index (χ2n) is 6.69. The number of tetrazole rings is 1. The molecule has 0 aliphatic carbocycles. The molecule has 5 N–H and O–H groups in total. The number of rotatable bonds is 7. The third kappa shape index (κ3) is 3.52. The Balaban J connectivity index is 1.84. The van der Waals surface area contributed by atoms with Crippen LogP contribution in [-0.2, 0) is 21.0 Å². The number of aryl methyl sites for hydroxylation is 1. The van der Waals surface area contributed by atoms with Gasteiger partial charge in [0.2, 0.25) is 11.5 Å². The third-order valence-electron chi connectivity index (χ3n) is 4.87. The minimum Gasteiger partial charge on any atom is -0.359 e. The number of aromatic amines is 1. The van der Waals surface area contributed by atoms with Gasteiger partial charge in [-0.25, -0.2) is 9.67 Å². The fourth-order valence-electron chi connectivity index (χ4n) is 3.31. The molecule has 0 fully saturated rings. The number of hydrogen-bond donors (Lipinski definition) is 5. The number of hydroxylamine groups is 1. The number of carbonyl (C=O) groups excluding carboxylic acids is 2. The third-order valence-corrected chi connectivity index (χ3v) is 4.87. The van der Waals surface area contributed by atoms with Crippen LogP contribution in [-0.4, -0.2) is 66.9 Å². The molecule has 1 unspecified atom stereocenters. The lowest BCUT2D eigenvalue weighted by Gasteiger charge is -2.22. The van der Waals surface area contributed by atoms with Crippen molar-refractivity contribution >= 4 is 40.2 Å². The van der Waals surface area contributed by atoms with Crippen molar-refractivity contribution in [3.8, 4) is 0 Å². The lowest BCUT2D eigenvalue weighted by Crippen LogP contribution is -2.48. The maximum Gasteiger partial charge on any atom is 0.267 e. The molecule has 4 heterocycles. The zero-order valence-electron chi connectivity index (χ0n) is 17.1. The second-order valence-corrected chi connectivity index (χ2v) is 6.69. The van der Waals surface area contributed by atoms with Crippen molar-refractivity contribution in [1.82, 2.24) is 51.5 Å². The van der Waals surface area contributed by atoms with Crippen LogP contribution in [0.25, 0.3) is 16.7 Å². The van der Waals surface area contributed by atoms with Gasteiger partial charge in [-0.15, -0.1) is 5.10 Å². The first-order valence-electron chi connectivity index (χ1n) is 9.46. The van der Waals surface area contributed by atoms with Crippen molar-refractivity contribution in [2.24, 2.45) is 0 Å². The summed E-state index contributed by atoms with van der Waals surface area (Å²) in [7, 11) is 2.96. The summed E-state index contributed by atoms with van der Waals surface area (Å²) in [6.07, 6.45) is 4.62. The molecule has 1 aliphatic rings. The quantitative estimate of drug-likeness (QED) is 0.321. The van der Waals surface area contributed by atoms with Crippen molar-refractivity contribution in [3.63, 3.8) is 0 Å². The van der Waals surface area contributed by atoms with Crippen LogP contribution in [0.3, 0.4) is 0 Å². The van der Waals surface area contributed by atoms with Gasteiger partial charge < -0.3 is 16.0 Å². The second kappa shape index (κ2) is 7.98. The Morgan fingerprint density at radius 1 is 1.26 bits per heavy atom. The minimum absolute atomic E-state index is 0.212. The lowest BCUT2D eigenvalue weighted by molar-refractivity contribution is -0.148. The van der Waals surface area contributed by atoms with Crippen LogP contribution < -0.4 is 21.4 Å². The van der Waals surface area contributed by atoms with Crippen LogP contribution in [0.1, 0.15) is 18.9 Å². The van der Waals surface area contributed by atoms with E-state index in [0.29, 0.717) is 34.5 Å². The van der Waals surface area contributed by atoms with Crippen LogP contribution in [0.15, 0.2) is 18.5 Å². The molecule has 3 aromatic heterocycles. The topological polar surface area (TPSA) is 177 Å². The standard InChI is InChI=1S/C17H21N11O3/c1-4-28-14-10(8-21-28)13(22-16-23-26-27-24-16)9(7-20-14)11-5-17(31-25-11,15(30)19-3)6-12(29)18-2/h5,7-8,25H,4,6H2,1-3H3,(H,18,29)(H,19,30)(H2,20,22,23,24,26,27). The number of anilines is 2. The average molecular weight is 427 g/mol. The number of fused-ring (bicyclic) bond motifs is 1. The monoisotopic (exact) mass is 427 g/mol. The van der Waals surface area contributed by atoms with Gasteiger partial charge in [0.05, 0.1) is 29.4 Å². The van der Waals surface area contributed by atoms with E-state index < -0.39 is 11.5 Å². The zero-order valence-corrected chi connectivity index (χ0v) is 17.1. The summed E-state index contributed by atoms with van der Waals surface area (Å²) in [4.78, 5) is 34.8. The highest BCUT2D eigenvalue weighted by atomic mass is 16.7. The summed E-state index contributed by atoms with van der Waals surface area (Å²) in [5, 5.41) is 27.0. The normalized spacial score (nSPS) is 17.8. The van der Waals surface area contributed by atoms with E-state index in [9.17, 15) is 9.59 Å². The molecule has 14 nitrogen and oxygen atoms in total. The predicted molar refractivity (Wildman–Crippen MR) is 108 cm³/mol. The van der Waals surface area contributed by atoms with Gasteiger partial charge in [-0.1, -0.05) is 5.10 Å². The number of hydrogen-bond acceptors (Lipinski definition) is 10. The molecule has 162 valence electrons. The van der Waals surface area contributed by atoms with Gasteiger partial charge >= 0.3 is 0 Å². The fraction of sp³-hybridized carbons (Fsp3) is 0.353. The molecule has 1 aliphatic heterocycles. The molecule has 31 heavy (non-hydrogen) atoms.